The summed E-state index contributed by atoms with van der Waals surface area (Å²) in [5.41, 5.74) is 1.51. The first-order valence-electron chi connectivity index (χ1n) is 6.29. The second-order valence-electron chi connectivity index (χ2n) is 4.53. The SMILES string of the molecule is C=CC(=O)Nc1ccc(S(=O)(=O)c2ccc(C)cc2)cc1. The largest absolute Gasteiger partial charge is 0.323 e. The summed E-state index contributed by atoms with van der Waals surface area (Å²) in [5, 5.41) is 2.57. The molecule has 0 saturated heterocycles. The number of sulfone groups is 1. The van der Waals surface area contributed by atoms with Crippen molar-refractivity contribution in [3.8, 4) is 0 Å². The number of rotatable bonds is 4. The van der Waals surface area contributed by atoms with Gasteiger partial charge in [0, 0.05) is 5.69 Å². The second-order valence-corrected chi connectivity index (χ2v) is 6.48. The third-order valence-corrected chi connectivity index (χ3v) is 4.73. The fourth-order valence-electron chi connectivity index (χ4n) is 1.76. The maximum Gasteiger partial charge on any atom is 0.247 e. The normalized spacial score (nSPS) is 10.9. The minimum atomic E-state index is -3.54. The van der Waals surface area contributed by atoms with Gasteiger partial charge in [0.15, 0.2) is 0 Å². The van der Waals surface area contributed by atoms with Crippen LogP contribution in [0.25, 0.3) is 0 Å². The Labute approximate surface area is 124 Å². The fourth-order valence-corrected chi connectivity index (χ4v) is 3.03. The topological polar surface area (TPSA) is 63.2 Å². The molecule has 0 aliphatic heterocycles. The molecule has 0 fully saturated rings. The molecule has 2 aromatic rings. The van der Waals surface area contributed by atoms with E-state index in [1.165, 1.54) is 12.1 Å². The highest BCUT2D eigenvalue weighted by Crippen LogP contribution is 2.22. The molecule has 108 valence electrons. The van der Waals surface area contributed by atoms with Crippen LogP contribution in [0, 0.1) is 6.92 Å². The van der Waals surface area contributed by atoms with Gasteiger partial charge in [-0.05, 0) is 49.4 Å². The molecule has 5 heteroatoms. The third kappa shape index (κ3) is 3.38. The zero-order chi connectivity index (χ0) is 15.5. The van der Waals surface area contributed by atoms with Crippen LogP contribution in [0.15, 0.2) is 71.0 Å². The molecule has 4 nitrogen and oxygen atoms in total. The summed E-state index contributed by atoms with van der Waals surface area (Å²) >= 11 is 0. The summed E-state index contributed by atoms with van der Waals surface area (Å²) in [5.74, 6) is -0.343. The molecule has 21 heavy (non-hydrogen) atoms. The van der Waals surface area contributed by atoms with Gasteiger partial charge in [0.2, 0.25) is 15.7 Å². The summed E-state index contributed by atoms with van der Waals surface area (Å²) in [6, 6.07) is 12.7. The molecular formula is C16H15NO3S. The van der Waals surface area contributed by atoms with Crippen molar-refractivity contribution >= 4 is 21.4 Å². The van der Waals surface area contributed by atoms with Crippen LogP contribution in [-0.2, 0) is 14.6 Å². The van der Waals surface area contributed by atoms with Gasteiger partial charge in [-0.1, -0.05) is 24.3 Å². The predicted molar refractivity (Wildman–Crippen MR) is 81.9 cm³/mol. The Bertz CT molecular complexity index is 760. The Morgan fingerprint density at radius 2 is 1.48 bits per heavy atom. The number of nitrogens with one attached hydrogen (secondary N) is 1. The predicted octanol–water partition coefficient (Wildman–Crippen LogP) is 2.95. The summed E-state index contributed by atoms with van der Waals surface area (Å²) < 4.78 is 24.9. The molecule has 1 N–H and O–H groups in total. The van der Waals surface area contributed by atoms with E-state index < -0.39 is 9.84 Å². The molecule has 0 heterocycles. The Morgan fingerprint density at radius 1 is 1.00 bits per heavy atom. The Kier molecular flexibility index (Phi) is 4.23. The monoisotopic (exact) mass is 301 g/mol. The second kappa shape index (κ2) is 5.93. The van der Waals surface area contributed by atoms with Crippen LogP contribution >= 0.6 is 0 Å². The lowest BCUT2D eigenvalue weighted by Crippen LogP contribution is -2.07. The van der Waals surface area contributed by atoms with Gasteiger partial charge in [0.1, 0.15) is 0 Å². The molecule has 0 atom stereocenters. The molecule has 0 radical (unpaired) electrons. The summed E-state index contributed by atoms with van der Waals surface area (Å²) in [4.78, 5) is 11.6. The van der Waals surface area contributed by atoms with Crippen molar-refractivity contribution < 1.29 is 13.2 Å². The van der Waals surface area contributed by atoms with E-state index in [0.717, 1.165) is 11.6 Å². The van der Waals surface area contributed by atoms with Crippen LogP contribution in [0.5, 0.6) is 0 Å². The molecule has 2 rings (SSSR count). The number of carbonyl (C=O) groups is 1. The Balaban J connectivity index is 2.31. The van der Waals surface area contributed by atoms with E-state index in [1.54, 1.807) is 36.4 Å². The van der Waals surface area contributed by atoms with Crippen LogP contribution in [0.4, 0.5) is 5.69 Å². The molecular weight excluding hydrogens is 286 g/mol. The molecule has 0 aliphatic rings. The quantitative estimate of drug-likeness (QED) is 0.883. The molecule has 0 spiro atoms. The average molecular weight is 301 g/mol. The van der Waals surface area contributed by atoms with E-state index in [4.69, 9.17) is 0 Å². The van der Waals surface area contributed by atoms with Gasteiger partial charge in [-0.3, -0.25) is 4.79 Å². The van der Waals surface area contributed by atoms with E-state index in [2.05, 4.69) is 11.9 Å². The number of amides is 1. The minimum absolute atomic E-state index is 0.183. The number of hydrogen-bond acceptors (Lipinski definition) is 3. The Morgan fingerprint density at radius 3 is 1.95 bits per heavy atom. The number of hydrogen-bond donors (Lipinski definition) is 1. The van der Waals surface area contributed by atoms with Crippen molar-refractivity contribution in [3.05, 3.63) is 66.7 Å². The lowest BCUT2D eigenvalue weighted by molar-refractivity contribution is -0.111. The Hall–Kier alpha value is -2.40. The first-order chi connectivity index (χ1) is 9.93. The van der Waals surface area contributed by atoms with E-state index in [0.29, 0.717) is 5.69 Å². The van der Waals surface area contributed by atoms with E-state index in [-0.39, 0.29) is 15.7 Å². The smallest absolute Gasteiger partial charge is 0.247 e. The maximum absolute atomic E-state index is 12.4. The molecule has 0 aromatic heterocycles. The molecule has 0 unspecified atom stereocenters. The number of carbonyl (C=O) groups excluding carboxylic acids is 1. The van der Waals surface area contributed by atoms with Crippen LogP contribution in [0.1, 0.15) is 5.56 Å². The standard InChI is InChI=1S/C16H15NO3S/c1-3-16(18)17-13-6-10-15(11-7-13)21(19,20)14-8-4-12(2)5-9-14/h3-11H,1H2,2H3,(H,17,18). The summed E-state index contributed by atoms with van der Waals surface area (Å²) in [6.45, 7) is 5.25. The molecule has 2 aromatic carbocycles. The van der Waals surface area contributed by atoms with Gasteiger partial charge in [-0.15, -0.1) is 0 Å². The summed E-state index contributed by atoms with van der Waals surface area (Å²) in [7, 11) is -3.54. The minimum Gasteiger partial charge on any atom is -0.323 e. The molecule has 0 aliphatic carbocycles. The van der Waals surface area contributed by atoms with Gasteiger partial charge >= 0.3 is 0 Å². The third-order valence-electron chi connectivity index (χ3n) is 2.95. The van der Waals surface area contributed by atoms with Crippen molar-refractivity contribution in [1.29, 1.82) is 0 Å². The van der Waals surface area contributed by atoms with Crippen LogP contribution < -0.4 is 5.32 Å². The zero-order valence-corrected chi connectivity index (χ0v) is 12.4. The van der Waals surface area contributed by atoms with Crippen molar-refractivity contribution in [1.82, 2.24) is 0 Å². The van der Waals surface area contributed by atoms with Gasteiger partial charge in [-0.25, -0.2) is 8.42 Å². The van der Waals surface area contributed by atoms with Gasteiger partial charge < -0.3 is 5.32 Å². The zero-order valence-electron chi connectivity index (χ0n) is 11.5. The van der Waals surface area contributed by atoms with E-state index in [1.807, 2.05) is 6.92 Å². The fraction of sp³-hybridized carbons (Fsp3) is 0.0625. The van der Waals surface area contributed by atoms with E-state index >= 15 is 0 Å². The lowest BCUT2D eigenvalue weighted by Gasteiger charge is -2.07. The van der Waals surface area contributed by atoms with Gasteiger partial charge in [0.05, 0.1) is 9.79 Å². The first kappa shape index (κ1) is 15.0. The van der Waals surface area contributed by atoms with Gasteiger partial charge in [-0.2, -0.15) is 0 Å². The van der Waals surface area contributed by atoms with Crippen molar-refractivity contribution in [2.75, 3.05) is 5.32 Å². The molecule has 1 amide bonds. The van der Waals surface area contributed by atoms with Crippen LogP contribution in [0.3, 0.4) is 0 Å². The first-order valence-corrected chi connectivity index (χ1v) is 7.77. The summed E-state index contributed by atoms with van der Waals surface area (Å²) in [6.07, 6.45) is 1.15. The van der Waals surface area contributed by atoms with Crippen molar-refractivity contribution in [2.45, 2.75) is 16.7 Å². The highest BCUT2D eigenvalue weighted by molar-refractivity contribution is 7.91. The number of anilines is 1. The highest BCUT2D eigenvalue weighted by Gasteiger charge is 2.17. The molecule has 0 bridgehead atoms. The maximum atomic E-state index is 12.4. The van der Waals surface area contributed by atoms with Crippen LogP contribution in [0.2, 0.25) is 0 Å². The number of aryl methyl sites for hydroxylation is 1. The number of benzene rings is 2. The highest BCUT2D eigenvalue weighted by atomic mass is 32.2. The average Bonchev–Trinajstić information content (AvgIpc) is 2.48. The van der Waals surface area contributed by atoms with E-state index in [9.17, 15) is 13.2 Å². The molecule has 0 saturated carbocycles. The lowest BCUT2D eigenvalue weighted by atomic mass is 10.2. The van der Waals surface area contributed by atoms with Crippen molar-refractivity contribution in [3.63, 3.8) is 0 Å². The van der Waals surface area contributed by atoms with Crippen molar-refractivity contribution in [2.24, 2.45) is 0 Å². The van der Waals surface area contributed by atoms with Gasteiger partial charge in [0.25, 0.3) is 0 Å². The van der Waals surface area contributed by atoms with Crippen LogP contribution in [-0.4, -0.2) is 14.3 Å².